The van der Waals surface area contributed by atoms with E-state index in [1.54, 1.807) is 29.5 Å². The molecule has 0 saturated heterocycles. The molecule has 2 aromatic carbocycles. The van der Waals surface area contributed by atoms with Crippen molar-refractivity contribution in [1.29, 1.82) is 0 Å². The van der Waals surface area contributed by atoms with Gasteiger partial charge in [0.05, 0.1) is 20.9 Å². The second kappa shape index (κ2) is 5.23. The summed E-state index contributed by atoms with van der Waals surface area (Å²) < 4.78 is 1.11. The lowest BCUT2D eigenvalue weighted by Gasteiger charge is -2.06. The first-order chi connectivity index (χ1) is 9.63. The van der Waals surface area contributed by atoms with E-state index in [2.05, 4.69) is 10.3 Å². The highest BCUT2D eigenvalue weighted by molar-refractivity contribution is 7.22. The number of anilines is 2. The molecule has 1 N–H and O–H groups in total. The van der Waals surface area contributed by atoms with Crippen LogP contribution in [0.15, 0.2) is 42.5 Å². The fraction of sp³-hybridized carbons (Fsp3) is 0.0667. The van der Waals surface area contributed by atoms with E-state index >= 15 is 0 Å². The number of halogens is 1. The molecule has 3 aromatic rings. The number of aromatic nitrogens is 1. The van der Waals surface area contributed by atoms with Gasteiger partial charge in [-0.2, -0.15) is 0 Å². The number of carbonyl (C=O) groups excluding carboxylic acids is 1. The molecule has 1 aromatic heterocycles. The fourth-order valence-electron chi connectivity index (χ4n) is 1.88. The summed E-state index contributed by atoms with van der Waals surface area (Å²) in [6.45, 7) is 1.53. The molecule has 0 fully saturated rings. The maximum Gasteiger partial charge on any atom is 0.188 e. The summed E-state index contributed by atoms with van der Waals surface area (Å²) in [6, 6.07) is 13.1. The van der Waals surface area contributed by atoms with E-state index in [9.17, 15) is 4.79 Å². The monoisotopic (exact) mass is 302 g/mol. The molecular formula is C15H11ClN2OS. The van der Waals surface area contributed by atoms with Gasteiger partial charge in [0.2, 0.25) is 0 Å². The topological polar surface area (TPSA) is 42.0 Å². The molecule has 0 atom stereocenters. The van der Waals surface area contributed by atoms with Crippen molar-refractivity contribution in [2.75, 3.05) is 5.32 Å². The van der Waals surface area contributed by atoms with Crippen LogP contribution in [0.25, 0.3) is 10.2 Å². The van der Waals surface area contributed by atoms with Crippen LogP contribution >= 0.6 is 22.9 Å². The molecule has 3 nitrogen and oxygen atoms in total. The predicted molar refractivity (Wildman–Crippen MR) is 84.4 cm³/mol. The van der Waals surface area contributed by atoms with E-state index in [-0.39, 0.29) is 5.78 Å². The summed E-state index contributed by atoms with van der Waals surface area (Å²) in [7, 11) is 0. The van der Waals surface area contributed by atoms with Gasteiger partial charge in [-0.3, -0.25) is 4.79 Å². The summed E-state index contributed by atoms with van der Waals surface area (Å²) in [5.41, 5.74) is 2.26. The summed E-state index contributed by atoms with van der Waals surface area (Å²) in [5.74, 6) is 0.00835. The molecule has 5 heteroatoms. The molecule has 0 radical (unpaired) electrons. The van der Waals surface area contributed by atoms with Gasteiger partial charge in [0.15, 0.2) is 10.9 Å². The number of nitrogens with zero attached hydrogens (tertiary/aromatic N) is 1. The molecule has 0 aliphatic carbocycles. The summed E-state index contributed by atoms with van der Waals surface area (Å²) >= 11 is 7.70. The zero-order chi connectivity index (χ0) is 14.1. The minimum atomic E-state index is 0.00835. The molecule has 0 bridgehead atoms. The van der Waals surface area contributed by atoms with Gasteiger partial charge in [-0.1, -0.05) is 35.1 Å². The van der Waals surface area contributed by atoms with E-state index in [0.717, 1.165) is 15.3 Å². The Balaban J connectivity index is 1.97. The third kappa shape index (κ3) is 2.53. The Morgan fingerprint density at radius 3 is 2.80 bits per heavy atom. The van der Waals surface area contributed by atoms with Crippen LogP contribution in [0.3, 0.4) is 0 Å². The van der Waals surface area contributed by atoms with Crippen LogP contribution in [0.1, 0.15) is 17.3 Å². The number of rotatable bonds is 3. The van der Waals surface area contributed by atoms with Gasteiger partial charge in [0.1, 0.15) is 0 Å². The third-order valence-electron chi connectivity index (χ3n) is 2.91. The molecule has 1 heterocycles. The highest BCUT2D eigenvalue weighted by atomic mass is 35.5. The van der Waals surface area contributed by atoms with Crippen LogP contribution in [-0.4, -0.2) is 10.8 Å². The van der Waals surface area contributed by atoms with Crippen molar-refractivity contribution in [3.05, 3.63) is 53.1 Å². The minimum Gasteiger partial charge on any atom is -0.330 e. The van der Waals surface area contributed by atoms with E-state index in [1.807, 2.05) is 24.3 Å². The smallest absolute Gasteiger partial charge is 0.188 e. The second-order valence-electron chi connectivity index (χ2n) is 4.36. The Bertz CT molecular complexity index is 764. The molecule has 0 saturated carbocycles. The van der Waals surface area contributed by atoms with Crippen molar-refractivity contribution in [2.45, 2.75) is 6.92 Å². The van der Waals surface area contributed by atoms with Crippen LogP contribution in [0.2, 0.25) is 5.02 Å². The molecular weight excluding hydrogens is 292 g/mol. The lowest BCUT2D eigenvalue weighted by atomic mass is 10.1. The first kappa shape index (κ1) is 13.1. The van der Waals surface area contributed by atoms with Crippen LogP contribution < -0.4 is 5.32 Å². The first-order valence-electron chi connectivity index (χ1n) is 6.06. The number of carbonyl (C=O) groups is 1. The predicted octanol–water partition coefficient (Wildman–Crippen LogP) is 4.90. The molecule has 0 aliphatic rings. The maximum atomic E-state index is 11.4. The fourth-order valence-corrected chi connectivity index (χ4v) is 2.92. The number of thiazole rings is 1. The zero-order valence-electron chi connectivity index (χ0n) is 10.7. The van der Waals surface area contributed by atoms with E-state index in [0.29, 0.717) is 16.3 Å². The minimum absolute atomic E-state index is 0.00835. The third-order valence-corrected chi connectivity index (χ3v) is 4.19. The van der Waals surface area contributed by atoms with Crippen molar-refractivity contribution in [2.24, 2.45) is 0 Å². The molecule has 0 unspecified atom stereocenters. The van der Waals surface area contributed by atoms with Gasteiger partial charge in [0.25, 0.3) is 0 Å². The van der Waals surface area contributed by atoms with Crippen LogP contribution in [-0.2, 0) is 0 Å². The van der Waals surface area contributed by atoms with Crippen LogP contribution in [0.5, 0.6) is 0 Å². The zero-order valence-corrected chi connectivity index (χ0v) is 12.3. The van der Waals surface area contributed by atoms with E-state index < -0.39 is 0 Å². The largest absolute Gasteiger partial charge is 0.330 e. The summed E-state index contributed by atoms with van der Waals surface area (Å²) in [4.78, 5) is 15.9. The Labute approximate surface area is 125 Å². The quantitative estimate of drug-likeness (QED) is 0.700. The molecule has 3 rings (SSSR count). The highest BCUT2D eigenvalue weighted by Gasteiger charge is 2.08. The number of Topliss-reactive ketones (excluding diaryl/α,β-unsaturated/α-hetero) is 1. The highest BCUT2D eigenvalue weighted by Crippen LogP contribution is 2.31. The number of fused-ring (bicyclic) bond motifs is 1. The Morgan fingerprint density at radius 2 is 2.05 bits per heavy atom. The lowest BCUT2D eigenvalue weighted by Crippen LogP contribution is -1.96. The van der Waals surface area contributed by atoms with Crippen molar-refractivity contribution < 1.29 is 4.79 Å². The average Bonchev–Trinajstić information content (AvgIpc) is 2.83. The number of benzene rings is 2. The summed E-state index contributed by atoms with van der Waals surface area (Å²) in [6.07, 6.45) is 0. The Kier molecular flexibility index (Phi) is 3.42. The number of nitrogens with one attached hydrogen (secondary N) is 1. The first-order valence-corrected chi connectivity index (χ1v) is 7.26. The van der Waals surface area contributed by atoms with Crippen molar-refractivity contribution in [1.82, 2.24) is 4.98 Å². The van der Waals surface area contributed by atoms with Crippen molar-refractivity contribution in [3.63, 3.8) is 0 Å². The summed E-state index contributed by atoms with van der Waals surface area (Å²) in [5, 5.41) is 4.50. The second-order valence-corrected chi connectivity index (χ2v) is 5.80. The van der Waals surface area contributed by atoms with Crippen LogP contribution in [0, 0.1) is 0 Å². The molecule has 0 amide bonds. The van der Waals surface area contributed by atoms with Gasteiger partial charge in [0, 0.05) is 5.56 Å². The Morgan fingerprint density at radius 1 is 1.25 bits per heavy atom. The molecule has 20 heavy (non-hydrogen) atoms. The van der Waals surface area contributed by atoms with E-state index in [1.165, 1.54) is 6.92 Å². The normalized spacial score (nSPS) is 10.7. The molecule has 0 aliphatic heterocycles. The molecule has 0 spiro atoms. The number of para-hydroxylation sites is 1. The average molecular weight is 303 g/mol. The number of ketones is 1. The standard InChI is InChI=1S/C15H11ClN2OS/c1-9(19)10-6-7-11(16)13(8-10)18-15-17-12-4-2-3-5-14(12)20-15/h2-8H,1H3,(H,17,18). The van der Waals surface area contributed by atoms with Crippen molar-refractivity contribution >= 4 is 49.8 Å². The van der Waals surface area contributed by atoms with Crippen LogP contribution in [0.4, 0.5) is 10.8 Å². The van der Waals surface area contributed by atoms with Gasteiger partial charge in [-0.05, 0) is 37.3 Å². The maximum absolute atomic E-state index is 11.4. The SMILES string of the molecule is CC(=O)c1ccc(Cl)c(Nc2nc3ccccc3s2)c1. The number of hydrogen-bond donors (Lipinski definition) is 1. The Hall–Kier alpha value is -1.91. The van der Waals surface area contributed by atoms with Gasteiger partial charge in [-0.25, -0.2) is 4.98 Å². The van der Waals surface area contributed by atoms with Gasteiger partial charge < -0.3 is 5.32 Å². The number of hydrogen-bond acceptors (Lipinski definition) is 4. The van der Waals surface area contributed by atoms with Gasteiger partial charge in [-0.15, -0.1) is 0 Å². The van der Waals surface area contributed by atoms with E-state index in [4.69, 9.17) is 11.6 Å². The molecule has 100 valence electrons. The van der Waals surface area contributed by atoms with Crippen molar-refractivity contribution in [3.8, 4) is 0 Å². The van der Waals surface area contributed by atoms with Gasteiger partial charge >= 0.3 is 0 Å². The lowest BCUT2D eigenvalue weighted by molar-refractivity contribution is 0.101.